The Morgan fingerprint density at radius 1 is 1.14 bits per heavy atom. The van der Waals surface area contributed by atoms with Crippen LogP contribution in [0.5, 0.6) is 17.2 Å². The van der Waals surface area contributed by atoms with Gasteiger partial charge in [-0.2, -0.15) is 5.26 Å². The molecule has 1 aromatic rings. The van der Waals surface area contributed by atoms with Gasteiger partial charge in [-0.3, -0.25) is 19.8 Å². The van der Waals surface area contributed by atoms with Crippen molar-refractivity contribution in [2.24, 2.45) is 5.92 Å². The molecule has 1 heterocycles. The minimum absolute atomic E-state index is 0.0527. The van der Waals surface area contributed by atoms with Crippen LogP contribution in [0.2, 0.25) is 0 Å². The molecular weight excluding hydrogens is 380 g/mol. The van der Waals surface area contributed by atoms with E-state index in [1.165, 1.54) is 27.4 Å². The number of piperazine rings is 1. The second kappa shape index (κ2) is 9.43. The number of nitriles is 1. The highest BCUT2D eigenvalue weighted by Crippen LogP contribution is 2.46. The Bertz CT molecular complexity index is 812. The minimum atomic E-state index is -0.658. The van der Waals surface area contributed by atoms with Gasteiger partial charge in [-0.1, -0.05) is 13.8 Å². The smallest absolute Gasteiger partial charge is 0.327 e. The van der Waals surface area contributed by atoms with Gasteiger partial charge >= 0.3 is 5.69 Å². The highest BCUT2D eigenvalue weighted by molar-refractivity contribution is 6.00. The maximum absolute atomic E-state index is 13.1. The SMILES string of the molecule is COc1cc(C(=O)N2CCN(C(C#N)C(C)C)CC2)c([N+](=O)[O-])c(OC)c1OC. The standard InChI is InChI=1S/C19H26N4O6/c1-12(2)14(11-20)21-6-8-22(9-7-21)19(24)13-10-15(27-3)17(28-4)18(29-5)16(13)23(25)26/h10,12,14H,6-9H2,1-5H3. The molecule has 0 saturated carbocycles. The van der Waals surface area contributed by atoms with E-state index in [2.05, 4.69) is 6.07 Å². The lowest BCUT2D eigenvalue weighted by molar-refractivity contribution is -0.386. The van der Waals surface area contributed by atoms with Crippen LogP contribution < -0.4 is 14.2 Å². The third kappa shape index (κ3) is 4.35. The monoisotopic (exact) mass is 406 g/mol. The van der Waals surface area contributed by atoms with Gasteiger partial charge in [0.1, 0.15) is 11.6 Å². The van der Waals surface area contributed by atoms with E-state index in [1.54, 1.807) is 4.90 Å². The number of methoxy groups -OCH3 is 3. The van der Waals surface area contributed by atoms with E-state index in [0.29, 0.717) is 26.2 Å². The van der Waals surface area contributed by atoms with E-state index in [4.69, 9.17) is 14.2 Å². The van der Waals surface area contributed by atoms with Crippen molar-refractivity contribution in [1.29, 1.82) is 5.26 Å². The Hall–Kier alpha value is -3.06. The molecule has 10 nitrogen and oxygen atoms in total. The van der Waals surface area contributed by atoms with Gasteiger partial charge in [0.05, 0.1) is 32.3 Å². The van der Waals surface area contributed by atoms with Crippen LogP contribution in [0.25, 0.3) is 0 Å². The van der Waals surface area contributed by atoms with Crippen LogP contribution in [0.1, 0.15) is 24.2 Å². The van der Waals surface area contributed by atoms with Crippen molar-refractivity contribution in [3.05, 3.63) is 21.7 Å². The summed E-state index contributed by atoms with van der Waals surface area (Å²) in [5.74, 6) is -0.270. The Morgan fingerprint density at radius 2 is 1.72 bits per heavy atom. The van der Waals surface area contributed by atoms with Gasteiger partial charge in [-0.25, -0.2) is 0 Å². The molecule has 0 N–H and O–H groups in total. The third-order valence-electron chi connectivity index (χ3n) is 4.98. The Kier molecular flexibility index (Phi) is 7.23. The van der Waals surface area contributed by atoms with Crippen LogP contribution in [0.15, 0.2) is 6.07 Å². The molecule has 158 valence electrons. The largest absolute Gasteiger partial charge is 0.493 e. The molecule has 0 aliphatic carbocycles. The molecule has 1 unspecified atom stereocenters. The van der Waals surface area contributed by atoms with Crippen LogP contribution in [0.3, 0.4) is 0 Å². The molecule has 1 aliphatic heterocycles. The first-order chi connectivity index (χ1) is 13.8. The highest BCUT2D eigenvalue weighted by Gasteiger charge is 2.36. The Morgan fingerprint density at radius 3 is 2.14 bits per heavy atom. The van der Waals surface area contributed by atoms with Crippen LogP contribution in [-0.2, 0) is 0 Å². The fourth-order valence-corrected chi connectivity index (χ4v) is 3.51. The summed E-state index contributed by atoms with van der Waals surface area (Å²) >= 11 is 0. The van der Waals surface area contributed by atoms with Gasteiger partial charge in [-0.05, 0) is 5.92 Å². The number of hydrogen-bond acceptors (Lipinski definition) is 8. The number of benzene rings is 1. The molecule has 29 heavy (non-hydrogen) atoms. The van der Waals surface area contributed by atoms with Gasteiger partial charge in [0.2, 0.25) is 11.5 Å². The van der Waals surface area contributed by atoms with Gasteiger partial charge < -0.3 is 19.1 Å². The van der Waals surface area contributed by atoms with E-state index < -0.39 is 16.5 Å². The first-order valence-corrected chi connectivity index (χ1v) is 9.20. The van der Waals surface area contributed by atoms with E-state index >= 15 is 0 Å². The first-order valence-electron chi connectivity index (χ1n) is 9.20. The quantitative estimate of drug-likeness (QED) is 0.498. The molecule has 1 aliphatic rings. The topological polar surface area (TPSA) is 118 Å². The second-order valence-electron chi connectivity index (χ2n) is 6.94. The summed E-state index contributed by atoms with van der Waals surface area (Å²) in [6, 6.07) is 3.37. The molecule has 1 saturated heterocycles. The van der Waals surface area contributed by atoms with Crippen LogP contribution in [-0.4, -0.2) is 74.2 Å². The zero-order valence-electron chi connectivity index (χ0n) is 17.3. The van der Waals surface area contributed by atoms with Gasteiger partial charge in [-0.15, -0.1) is 0 Å². The molecule has 1 atom stereocenters. The third-order valence-corrected chi connectivity index (χ3v) is 4.98. The molecule has 0 bridgehead atoms. The Labute approximate surface area is 169 Å². The van der Waals surface area contributed by atoms with Crippen molar-refractivity contribution in [3.63, 3.8) is 0 Å². The predicted molar refractivity (Wildman–Crippen MR) is 104 cm³/mol. The fourth-order valence-electron chi connectivity index (χ4n) is 3.51. The average Bonchev–Trinajstić information content (AvgIpc) is 2.71. The zero-order valence-corrected chi connectivity index (χ0v) is 17.3. The first kappa shape index (κ1) is 22.2. The molecule has 1 aromatic carbocycles. The summed E-state index contributed by atoms with van der Waals surface area (Å²) < 4.78 is 15.6. The van der Waals surface area contributed by atoms with E-state index in [1.807, 2.05) is 18.7 Å². The zero-order chi connectivity index (χ0) is 21.7. The second-order valence-corrected chi connectivity index (χ2v) is 6.94. The van der Waals surface area contributed by atoms with Crippen molar-refractivity contribution in [2.45, 2.75) is 19.9 Å². The van der Waals surface area contributed by atoms with Crippen molar-refractivity contribution in [3.8, 4) is 23.3 Å². The predicted octanol–water partition coefficient (Wildman–Crippen LogP) is 1.93. The van der Waals surface area contributed by atoms with Crippen molar-refractivity contribution >= 4 is 11.6 Å². The molecule has 0 radical (unpaired) electrons. The summed E-state index contributed by atoms with van der Waals surface area (Å²) in [7, 11) is 3.99. The lowest BCUT2D eigenvalue weighted by atomic mass is 10.0. The average molecular weight is 406 g/mol. The molecule has 1 fully saturated rings. The molecule has 0 aromatic heterocycles. The maximum atomic E-state index is 13.1. The van der Waals surface area contributed by atoms with E-state index in [0.717, 1.165) is 0 Å². The number of ether oxygens (including phenoxy) is 3. The van der Waals surface area contributed by atoms with Crippen LogP contribution >= 0.6 is 0 Å². The summed E-state index contributed by atoms with van der Waals surface area (Å²) in [5.41, 5.74) is -0.590. The number of carbonyl (C=O) groups is 1. The summed E-state index contributed by atoms with van der Waals surface area (Å²) in [4.78, 5) is 27.8. The van der Waals surface area contributed by atoms with Gasteiger partial charge in [0, 0.05) is 32.2 Å². The minimum Gasteiger partial charge on any atom is -0.493 e. The number of rotatable bonds is 7. The van der Waals surface area contributed by atoms with Crippen LogP contribution in [0, 0.1) is 27.4 Å². The lowest BCUT2D eigenvalue weighted by Gasteiger charge is -2.38. The molecule has 1 amide bonds. The fraction of sp³-hybridized carbons (Fsp3) is 0.579. The molecule has 0 spiro atoms. The van der Waals surface area contributed by atoms with E-state index in [-0.39, 0.29) is 34.8 Å². The molecule has 2 rings (SSSR count). The van der Waals surface area contributed by atoms with Crippen molar-refractivity contribution in [1.82, 2.24) is 9.80 Å². The summed E-state index contributed by atoms with van der Waals surface area (Å²) in [5, 5.41) is 21.1. The number of carbonyl (C=O) groups excluding carboxylic acids is 1. The summed E-state index contributed by atoms with van der Waals surface area (Å²) in [6.45, 7) is 5.70. The number of amides is 1. The van der Waals surface area contributed by atoms with Gasteiger partial charge in [0.25, 0.3) is 5.91 Å². The van der Waals surface area contributed by atoms with Crippen molar-refractivity contribution in [2.75, 3.05) is 47.5 Å². The van der Waals surface area contributed by atoms with Crippen molar-refractivity contribution < 1.29 is 23.9 Å². The Balaban J connectivity index is 2.36. The normalized spacial score (nSPS) is 15.6. The van der Waals surface area contributed by atoms with Gasteiger partial charge in [0.15, 0.2) is 5.75 Å². The molecule has 10 heteroatoms. The van der Waals surface area contributed by atoms with E-state index in [9.17, 15) is 20.2 Å². The number of nitro benzene ring substituents is 1. The highest BCUT2D eigenvalue weighted by atomic mass is 16.6. The maximum Gasteiger partial charge on any atom is 0.327 e. The number of nitrogens with zero attached hydrogens (tertiary/aromatic N) is 4. The number of nitro groups is 1. The number of hydrogen-bond donors (Lipinski definition) is 0. The van der Waals surface area contributed by atoms with Crippen LogP contribution in [0.4, 0.5) is 5.69 Å². The molecular formula is C19H26N4O6. The summed E-state index contributed by atoms with van der Waals surface area (Å²) in [6.07, 6.45) is 0. The lowest BCUT2D eigenvalue weighted by Crippen LogP contribution is -2.52.